The molecule has 2 N–H and O–H groups in total. The number of benzene rings is 1. The van der Waals surface area contributed by atoms with Gasteiger partial charge in [0.05, 0.1) is 0 Å². The Morgan fingerprint density at radius 3 is 2.62 bits per heavy atom. The number of hydrogen-bond acceptors (Lipinski definition) is 3. The quantitative estimate of drug-likeness (QED) is 0.811. The number of carbonyl (C=O) groups is 1. The first kappa shape index (κ1) is 17.3. The number of nitrogens with one attached hydrogen (secondary N) is 2. The van der Waals surface area contributed by atoms with Gasteiger partial charge in [0.25, 0.3) is 0 Å². The van der Waals surface area contributed by atoms with Crippen LogP contribution in [0.25, 0.3) is 0 Å². The number of halogens is 3. The zero-order valence-electron chi connectivity index (χ0n) is 12.0. The fourth-order valence-electron chi connectivity index (χ4n) is 1.71. The van der Waals surface area contributed by atoms with Crippen molar-refractivity contribution in [3.63, 3.8) is 0 Å². The average molecular weight is 304 g/mol. The predicted molar refractivity (Wildman–Crippen MR) is 72.9 cm³/mol. The van der Waals surface area contributed by atoms with Crippen molar-refractivity contribution in [1.29, 1.82) is 0 Å². The van der Waals surface area contributed by atoms with Gasteiger partial charge in [-0.3, -0.25) is 4.79 Å². The fourth-order valence-corrected chi connectivity index (χ4v) is 1.71. The Bertz CT molecular complexity index is 464. The molecule has 1 unspecified atom stereocenters. The standard InChI is InChI=1S/C14H19F3N2O2/c1-10(7-18-2)13(20)19-8-11-5-3-4-6-12(11)21-9-14(15,16)17/h3-6,10,18H,7-9H2,1-2H3,(H,19,20). The van der Waals surface area contributed by atoms with Crippen LogP contribution in [0.1, 0.15) is 12.5 Å². The van der Waals surface area contributed by atoms with Gasteiger partial charge in [-0.2, -0.15) is 13.2 Å². The van der Waals surface area contributed by atoms with Crippen molar-refractivity contribution in [3.8, 4) is 5.75 Å². The third-order valence-corrected chi connectivity index (χ3v) is 2.77. The van der Waals surface area contributed by atoms with Crippen LogP contribution in [0.15, 0.2) is 24.3 Å². The highest BCUT2D eigenvalue weighted by Crippen LogP contribution is 2.22. The number of hydrogen-bond donors (Lipinski definition) is 2. The molecular formula is C14H19F3N2O2. The van der Waals surface area contributed by atoms with Gasteiger partial charge in [0, 0.05) is 24.6 Å². The molecule has 1 rings (SSSR count). The van der Waals surface area contributed by atoms with Crippen LogP contribution in [0.4, 0.5) is 13.2 Å². The zero-order valence-corrected chi connectivity index (χ0v) is 12.0. The summed E-state index contributed by atoms with van der Waals surface area (Å²) in [6.07, 6.45) is -4.39. The number of rotatable bonds is 7. The van der Waals surface area contributed by atoms with E-state index in [0.717, 1.165) is 0 Å². The minimum atomic E-state index is -4.39. The van der Waals surface area contributed by atoms with Gasteiger partial charge in [0.15, 0.2) is 6.61 Å². The van der Waals surface area contributed by atoms with Crippen LogP contribution in [0.3, 0.4) is 0 Å². The molecule has 0 saturated carbocycles. The van der Waals surface area contributed by atoms with E-state index in [0.29, 0.717) is 12.1 Å². The lowest BCUT2D eigenvalue weighted by molar-refractivity contribution is -0.153. The van der Waals surface area contributed by atoms with E-state index in [4.69, 9.17) is 4.74 Å². The van der Waals surface area contributed by atoms with Crippen molar-refractivity contribution in [3.05, 3.63) is 29.8 Å². The summed E-state index contributed by atoms with van der Waals surface area (Å²) in [7, 11) is 1.74. The maximum Gasteiger partial charge on any atom is 0.422 e. The fraction of sp³-hybridized carbons (Fsp3) is 0.500. The lowest BCUT2D eigenvalue weighted by Crippen LogP contribution is -2.34. The Labute approximate surface area is 121 Å². The van der Waals surface area contributed by atoms with E-state index in [2.05, 4.69) is 10.6 Å². The van der Waals surface area contributed by atoms with Crippen LogP contribution in [0.2, 0.25) is 0 Å². The molecule has 4 nitrogen and oxygen atoms in total. The molecule has 0 bridgehead atoms. The van der Waals surface area contributed by atoms with Gasteiger partial charge >= 0.3 is 6.18 Å². The molecule has 0 aliphatic rings. The molecule has 118 valence electrons. The molecule has 1 aromatic carbocycles. The first-order valence-corrected chi connectivity index (χ1v) is 6.53. The van der Waals surface area contributed by atoms with Gasteiger partial charge in [-0.05, 0) is 13.1 Å². The molecule has 0 aliphatic carbocycles. The smallest absolute Gasteiger partial charge is 0.422 e. The predicted octanol–water partition coefficient (Wildman–Crippen LogP) is 2.10. The van der Waals surface area contributed by atoms with Crippen molar-refractivity contribution in [2.45, 2.75) is 19.6 Å². The molecule has 0 fully saturated rings. The van der Waals surface area contributed by atoms with Gasteiger partial charge in [-0.1, -0.05) is 25.1 Å². The number of para-hydroxylation sites is 1. The Kier molecular flexibility index (Phi) is 6.48. The van der Waals surface area contributed by atoms with Gasteiger partial charge in [-0.25, -0.2) is 0 Å². The number of ether oxygens (including phenoxy) is 1. The van der Waals surface area contributed by atoms with E-state index in [9.17, 15) is 18.0 Å². The monoisotopic (exact) mass is 304 g/mol. The van der Waals surface area contributed by atoms with Gasteiger partial charge < -0.3 is 15.4 Å². The number of amides is 1. The summed E-state index contributed by atoms with van der Waals surface area (Å²) in [6, 6.07) is 6.33. The second-order valence-electron chi connectivity index (χ2n) is 4.69. The molecule has 0 heterocycles. The number of carbonyl (C=O) groups excluding carboxylic acids is 1. The molecule has 1 amide bonds. The van der Waals surface area contributed by atoms with Crippen LogP contribution in [0, 0.1) is 5.92 Å². The first-order valence-electron chi connectivity index (χ1n) is 6.53. The lowest BCUT2D eigenvalue weighted by atomic mass is 10.1. The Balaban J connectivity index is 2.61. The Morgan fingerprint density at radius 2 is 2.00 bits per heavy atom. The topological polar surface area (TPSA) is 50.4 Å². The lowest BCUT2D eigenvalue weighted by Gasteiger charge is -2.15. The van der Waals surface area contributed by atoms with Crippen molar-refractivity contribution in [2.75, 3.05) is 20.2 Å². The van der Waals surface area contributed by atoms with Gasteiger partial charge in [0.1, 0.15) is 5.75 Å². The van der Waals surface area contributed by atoms with Crippen molar-refractivity contribution < 1.29 is 22.7 Å². The molecule has 0 spiro atoms. The summed E-state index contributed by atoms with van der Waals surface area (Å²) in [6.45, 7) is 1.06. The molecule has 1 atom stereocenters. The second kappa shape index (κ2) is 7.87. The summed E-state index contributed by atoms with van der Waals surface area (Å²) in [5.41, 5.74) is 0.506. The maximum atomic E-state index is 12.2. The number of alkyl halides is 3. The third kappa shape index (κ3) is 6.48. The highest BCUT2D eigenvalue weighted by molar-refractivity contribution is 5.78. The normalized spacial score (nSPS) is 12.8. The molecule has 0 aliphatic heterocycles. The van der Waals surface area contributed by atoms with Gasteiger partial charge in [-0.15, -0.1) is 0 Å². The minimum absolute atomic E-state index is 0.122. The Morgan fingerprint density at radius 1 is 1.33 bits per heavy atom. The second-order valence-corrected chi connectivity index (χ2v) is 4.69. The van der Waals surface area contributed by atoms with Crippen molar-refractivity contribution in [2.24, 2.45) is 5.92 Å². The highest BCUT2D eigenvalue weighted by Gasteiger charge is 2.28. The molecule has 1 aromatic rings. The molecule has 21 heavy (non-hydrogen) atoms. The average Bonchev–Trinajstić information content (AvgIpc) is 2.42. The summed E-state index contributed by atoms with van der Waals surface area (Å²) in [5.74, 6) is -0.273. The SMILES string of the molecule is CNCC(C)C(=O)NCc1ccccc1OCC(F)(F)F. The molecule has 7 heteroatoms. The molecule has 0 saturated heterocycles. The summed E-state index contributed by atoms with van der Waals surface area (Å²) >= 11 is 0. The van der Waals surface area contributed by atoms with Crippen LogP contribution in [-0.4, -0.2) is 32.3 Å². The summed E-state index contributed by atoms with van der Waals surface area (Å²) in [4.78, 5) is 11.8. The molecule has 0 radical (unpaired) electrons. The maximum absolute atomic E-state index is 12.2. The van der Waals surface area contributed by atoms with Crippen LogP contribution >= 0.6 is 0 Å². The van der Waals surface area contributed by atoms with Crippen LogP contribution in [0.5, 0.6) is 5.75 Å². The van der Waals surface area contributed by atoms with Crippen molar-refractivity contribution in [1.82, 2.24) is 10.6 Å². The Hall–Kier alpha value is -1.76. The van der Waals surface area contributed by atoms with E-state index < -0.39 is 12.8 Å². The largest absolute Gasteiger partial charge is 0.484 e. The van der Waals surface area contributed by atoms with E-state index in [1.54, 1.807) is 32.2 Å². The summed E-state index contributed by atoms with van der Waals surface area (Å²) in [5, 5.41) is 5.57. The van der Waals surface area contributed by atoms with Crippen LogP contribution in [-0.2, 0) is 11.3 Å². The first-order chi connectivity index (χ1) is 9.83. The van der Waals surface area contributed by atoms with E-state index in [-0.39, 0.29) is 24.1 Å². The molecular weight excluding hydrogens is 285 g/mol. The van der Waals surface area contributed by atoms with Crippen molar-refractivity contribution >= 4 is 5.91 Å². The van der Waals surface area contributed by atoms with E-state index >= 15 is 0 Å². The van der Waals surface area contributed by atoms with E-state index in [1.165, 1.54) is 6.07 Å². The summed E-state index contributed by atoms with van der Waals surface area (Å²) < 4.78 is 41.3. The van der Waals surface area contributed by atoms with Gasteiger partial charge in [0.2, 0.25) is 5.91 Å². The van der Waals surface area contributed by atoms with Crippen LogP contribution < -0.4 is 15.4 Å². The highest BCUT2D eigenvalue weighted by atomic mass is 19.4. The van der Waals surface area contributed by atoms with E-state index in [1.807, 2.05) is 0 Å². The third-order valence-electron chi connectivity index (χ3n) is 2.77. The zero-order chi connectivity index (χ0) is 15.9. The minimum Gasteiger partial charge on any atom is -0.484 e. The molecule has 0 aromatic heterocycles.